The second kappa shape index (κ2) is 3.71. The fraction of sp³-hybridized carbons (Fsp3) is 0. The van der Waals surface area contributed by atoms with Gasteiger partial charge in [0.2, 0.25) is 0 Å². The molecule has 0 saturated carbocycles. The maximum absolute atomic E-state index is 10.7. The van der Waals surface area contributed by atoms with Crippen molar-refractivity contribution in [1.29, 1.82) is 0 Å². The van der Waals surface area contributed by atoms with Gasteiger partial charge in [-0.05, 0) is 17.5 Å². The van der Waals surface area contributed by atoms with Crippen LogP contribution in [0.15, 0.2) is 30.3 Å². The fourth-order valence-corrected chi connectivity index (χ4v) is 1.59. The number of fused-ring (bicyclic) bond motifs is 1. The highest BCUT2D eigenvalue weighted by Crippen LogP contribution is 2.32. The van der Waals surface area contributed by atoms with Gasteiger partial charge in [0.05, 0.1) is 21.3 Å². The zero-order valence-electron chi connectivity index (χ0n) is 8.36. The molecular formula is C10H6N2O5. The molecule has 2 rings (SSSR count). The van der Waals surface area contributed by atoms with E-state index in [1.807, 2.05) is 0 Å². The van der Waals surface area contributed by atoms with Crippen LogP contribution in [0.3, 0.4) is 0 Å². The number of nitro benzene ring substituents is 2. The van der Waals surface area contributed by atoms with Crippen molar-refractivity contribution >= 4 is 22.1 Å². The van der Waals surface area contributed by atoms with Crippen molar-refractivity contribution in [3.8, 4) is 5.75 Å². The minimum Gasteiger partial charge on any atom is -0.508 e. The number of phenolic OH excluding ortho intramolecular Hbond substituents is 1. The number of rotatable bonds is 2. The van der Waals surface area contributed by atoms with Crippen LogP contribution in [0.5, 0.6) is 5.75 Å². The molecule has 0 aromatic heterocycles. The standard InChI is InChI=1S/C10H6N2O5/c13-8-4-6-3-7(11(14)15)1-2-9(6)10(5-8)12(16)17/h1-5,13H. The second-order valence-corrected chi connectivity index (χ2v) is 3.38. The molecule has 1 N–H and O–H groups in total. The van der Waals surface area contributed by atoms with Crippen molar-refractivity contribution in [1.82, 2.24) is 0 Å². The molecule has 17 heavy (non-hydrogen) atoms. The average Bonchev–Trinajstić information content (AvgIpc) is 2.26. The second-order valence-electron chi connectivity index (χ2n) is 3.38. The highest BCUT2D eigenvalue weighted by Gasteiger charge is 2.16. The van der Waals surface area contributed by atoms with Crippen LogP contribution < -0.4 is 0 Å². The van der Waals surface area contributed by atoms with Crippen molar-refractivity contribution in [3.05, 3.63) is 50.6 Å². The molecule has 0 bridgehead atoms. The normalized spacial score (nSPS) is 10.4. The Morgan fingerprint density at radius 1 is 1.00 bits per heavy atom. The SMILES string of the molecule is O=[N+]([O-])c1ccc2c([N+](=O)[O-])cc(O)cc2c1. The molecule has 86 valence electrons. The van der Waals surface area contributed by atoms with E-state index in [1.54, 1.807) is 0 Å². The third-order valence-electron chi connectivity index (χ3n) is 2.31. The van der Waals surface area contributed by atoms with Crippen LogP contribution in [0.4, 0.5) is 11.4 Å². The van der Waals surface area contributed by atoms with Gasteiger partial charge in [-0.15, -0.1) is 0 Å². The summed E-state index contributed by atoms with van der Waals surface area (Å²) in [6.45, 7) is 0. The van der Waals surface area contributed by atoms with Gasteiger partial charge in [0.15, 0.2) is 0 Å². The van der Waals surface area contributed by atoms with E-state index in [1.165, 1.54) is 24.3 Å². The minimum atomic E-state index is -0.645. The van der Waals surface area contributed by atoms with Crippen LogP contribution in [0.25, 0.3) is 10.8 Å². The Bertz CT molecular complexity index is 638. The summed E-state index contributed by atoms with van der Waals surface area (Å²) < 4.78 is 0. The van der Waals surface area contributed by atoms with E-state index in [4.69, 9.17) is 0 Å². The molecular weight excluding hydrogens is 228 g/mol. The molecule has 0 atom stereocenters. The molecule has 0 fully saturated rings. The van der Waals surface area contributed by atoms with Gasteiger partial charge in [-0.1, -0.05) is 0 Å². The monoisotopic (exact) mass is 234 g/mol. The summed E-state index contributed by atoms with van der Waals surface area (Å²) >= 11 is 0. The Morgan fingerprint density at radius 3 is 2.29 bits per heavy atom. The van der Waals surface area contributed by atoms with Crippen molar-refractivity contribution in [2.45, 2.75) is 0 Å². The van der Waals surface area contributed by atoms with Crippen LogP contribution in [0.2, 0.25) is 0 Å². The van der Waals surface area contributed by atoms with Crippen molar-refractivity contribution in [2.24, 2.45) is 0 Å². The summed E-state index contributed by atoms with van der Waals surface area (Å²) in [7, 11) is 0. The Labute approximate surface area is 94.2 Å². The summed E-state index contributed by atoms with van der Waals surface area (Å²) in [5.74, 6) is -0.301. The van der Waals surface area contributed by atoms with Gasteiger partial charge >= 0.3 is 0 Å². The van der Waals surface area contributed by atoms with E-state index in [2.05, 4.69) is 0 Å². The zero-order valence-corrected chi connectivity index (χ0v) is 8.36. The van der Waals surface area contributed by atoms with Gasteiger partial charge < -0.3 is 5.11 Å². The Kier molecular flexibility index (Phi) is 2.36. The van der Waals surface area contributed by atoms with Gasteiger partial charge in [-0.3, -0.25) is 20.2 Å². The maximum atomic E-state index is 10.7. The van der Waals surface area contributed by atoms with Crippen molar-refractivity contribution < 1.29 is 15.0 Å². The maximum Gasteiger partial charge on any atom is 0.280 e. The number of hydrogen-bond donors (Lipinski definition) is 1. The fourth-order valence-electron chi connectivity index (χ4n) is 1.59. The van der Waals surface area contributed by atoms with Gasteiger partial charge in [0.1, 0.15) is 5.75 Å². The zero-order chi connectivity index (χ0) is 12.6. The summed E-state index contributed by atoms with van der Waals surface area (Å²) in [6, 6.07) is 5.92. The van der Waals surface area contributed by atoms with E-state index in [0.29, 0.717) is 0 Å². The van der Waals surface area contributed by atoms with Crippen molar-refractivity contribution in [2.75, 3.05) is 0 Å². The summed E-state index contributed by atoms with van der Waals surface area (Å²) in [6.07, 6.45) is 0. The average molecular weight is 234 g/mol. The molecule has 0 saturated heterocycles. The largest absolute Gasteiger partial charge is 0.508 e. The van der Waals surface area contributed by atoms with E-state index >= 15 is 0 Å². The molecule has 0 unspecified atom stereocenters. The first-order valence-corrected chi connectivity index (χ1v) is 4.54. The lowest BCUT2D eigenvalue weighted by molar-refractivity contribution is -0.385. The minimum absolute atomic E-state index is 0.183. The van der Waals surface area contributed by atoms with Gasteiger partial charge in [0.25, 0.3) is 11.4 Å². The molecule has 7 nitrogen and oxygen atoms in total. The first-order valence-electron chi connectivity index (χ1n) is 4.54. The highest BCUT2D eigenvalue weighted by atomic mass is 16.6. The van der Waals surface area contributed by atoms with Gasteiger partial charge in [0, 0.05) is 12.1 Å². The smallest absolute Gasteiger partial charge is 0.280 e. The number of non-ortho nitro benzene ring substituents is 2. The summed E-state index contributed by atoms with van der Waals surface area (Å²) in [5.41, 5.74) is -0.465. The molecule has 2 aromatic carbocycles. The molecule has 2 aromatic rings. The molecule has 0 aliphatic rings. The Morgan fingerprint density at radius 2 is 1.71 bits per heavy atom. The van der Waals surface area contributed by atoms with Gasteiger partial charge in [-0.25, -0.2) is 0 Å². The summed E-state index contributed by atoms with van der Waals surface area (Å²) in [4.78, 5) is 20.1. The predicted molar refractivity (Wildman–Crippen MR) is 58.9 cm³/mol. The van der Waals surface area contributed by atoms with Gasteiger partial charge in [-0.2, -0.15) is 0 Å². The van der Waals surface area contributed by atoms with E-state index < -0.39 is 9.85 Å². The lowest BCUT2D eigenvalue weighted by Gasteiger charge is -2.01. The number of phenols is 1. The first-order chi connectivity index (χ1) is 7.99. The van der Waals surface area contributed by atoms with E-state index in [9.17, 15) is 25.3 Å². The molecule has 0 aliphatic carbocycles. The third kappa shape index (κ3) is 1.85. The molecule has 7 heteroatoms. The molecule has 0 spiro atoms. The lowest BCUT2D eigenvalue weighted by atomic mass is 10.1. The van der Waals surface area contributed by atoms with E-state index in [0.717, 1.165) is 6.07 Å². The summed E-state index contributed by atoms with van der Waals surface area (Å²) in [5, 5.41) is 31.1. The van der Waals surface area contributed by atoms with Crippen LogP contribution in [-0.2, 0) is 0 Å². The quantitative estimate of drug-likeness (QED) is 0.633. The lowest BCUT2D eigenvalue weighted by Crippen LogP contribution is -1.91. The van der Waals surface area contributed by atoms with Crippen LogP contribution in [0.1, 0.15) is 0 Å². The molecule has 0 aliphatic heterocycles. The third-order valence-corrected chi connectivity index (χ3v) is 2.31. The topological polar surface area (TPSA) is 107 Å². The number of hydrogen-bond acceptors (Lipinski definition) is 5. The van der Waals surface area contributed by atoms with Crippen molar-refractivity contribution in [3.63, 3.8) is 0 Å². The predicted octanol–water partition coefficient (Wildman–Crippen LogP) is 2.36. The van der Waals surface area contributed by atoms with E-state index in [-0.39, 0.29) is 27.9 Å². The molecule has 0 radical (unpaired) electrons. The number of nitro groups is 2. The Hall–Kier alpha value is -2.70. The van der Waals surface area contributed by atoms with Crippen LogP contribution in [0, 0.1) is 20.2 Å². The van der Waals surface area contributed by atoms with Crippen LogP contribution in [-0.4, -0.2) is 15.0 Å². The number of nitrogens with zero attached hydrogens (tertiary/aromatic N) is 2. The molecule has 0 amide bonds. The Balaban J connectivity index is 2.79. The number of benzene rings is 2. The molecule has 0 heterocycles. The van der Waals surface area contributed by atoms with Crippen LogP contribution >= 0.6 is 0 Å². The first kappa shape index (κ1) is 10.8. The highest BCUT2D eigenvalue weighted by molar-refractivity contribution is 5.93. The number of aromatic hydroxyl groups is 1.